The van der Waals surface area contributed by atoms with E-state index in [0.29, 0.717) is 4.88 Å². The number of nitrogens with one attached hydrogen (secondary N) is 1. The molecule has 0 saturated carbocycles. The second-order valence-electron chi connectivity index (χ2n) is 5.41. The number of rotatable bonds is 3. The van der Waals surface area contributed by atoms with E-state index in [-0.39, 0.29) is 22.9 Å². The lowest BCUT2D eigenvalue weighted by Gasteiger charge is -2.09. The fraction of sp³-hybridized carbons (Fsp3) is 0.294. The number of benzene rings is 1. The molecule has 0 unspecified atom stereocenters. The Hall–Kier alpha value is -2.34. The number of ether oxygens (including phenoxy) is 1. The Balaban J connectivity index is 1.83. The van der Waals surface area contributed by atoms with E-state index < -0.39 is 5.97 Å². The van der Waals surface area contributed by atoms with Gasteiger partial charge in [-0.1, -0.05) is 6.07 Å². The minimum Gasteiger partial charge on any atom is -0.505 e. The highest BCUT2D eigenvalue weighted by Gasteiger charge is 2.20. The van der Waals surface area contributed by atoms with Gasteiger partial charge in [0, 0.05) is 4.88 Å². The molecule has 23 heavy (non-hydrogen) atoms. The maximum Gasteiger partial charge on any atom is 0.341 e. The molecular weight excluding hydrogens is 314 g/mol. The number of amides is 1. The van der Waals surface area contributed by atoms with Crippen molar-refractivity contribution in [1.82, 2.24) is 0 Å². The van der Waals surface area contributed by atoms with Gasteiger partial charge in [-0.3, -0.25) is 4.79 Å². The predicted molar refractivity (Wildman–Crippen MR) is 88.4 cm³/mol. The van der Waals surface area contributed by atoms with Crippen molar-refractivity contribution in [1.29, 1.82) is 0 Å². The number of methoxy groups -OCH3 is 1. The van der Waals surface area contributed by atoms with E-state index in [2.05, 4.69) is 10.1 Å². The summed E-state index contributed by atoms with van der Waals surface area (Å²) in [4.78, 5) is 25.9. The van der Waals surface area contributed by atoms with Crippen LogP contribution in [-0.4, -0.2) is 24.1 Å². The number of para-hydroxylation sites is 1. The third-order valence-electron chi connectivity index (χ3n) is 3.91. The number of aryl methyl sites for hydroxylation is 2. The van der Waals surface area contributed by atoms with Crippen LogP contribution in [0.1, 0.15) is 43.3 Å². The maximum absolute atomic E-state index is 12.4. The number of carbonyl (C=O) groups excluding carboxylic acids is 2. The van der Waals surface area contributed by atoms with E-state index in [1.165, 1.54) is 35.0 Å². The van der Waals surface area contributed by atoms with Crippen LogP contribution in [0.4, 0.5) is 5.69 Å². The molecule has 0 spiro atoms. The molecule has 0 atom stereocenters. The first-order valence-corrected chi connectivity index (χ1v) is 8.25. The van der Waals surface area contributed by atoms with Crippen LogP contribution in [0.3, 0.4) is 0 Å². The number of fused-ring (bicyclic) bond motifs is 1. The Labute approximate surface area is 137 Å². The summed E-state index contributed by atoms with van der Waals surface area (Å²) in [6.45, 7) is 0. The number of hydrogen-bond acceptors (Lipinski definition) is 5. The number of aromatic hydroxyl groups is 1. The molecule has 0 radical (unpaired) electrons. The van der Waals surface area contributed by atoms with Gasteiger partial charge in [0.05, 0.1) is 17.7 Å². The van der Waals surface area contributed by atoms with E-state index in [1.54, 1.807) is 12.1 Å². The molecule has 3 rings (SSSR count). The smallest absolute Gasteiger partial charge is 0.341 e. The molecule has 120 valence electrons. The first kappa shape index (κ1) is 15.6. The fourth-order valence-electron chi connectivity index (χ4n) is 2.71. The fourth-order valence-corrected chi connectivity index (χ4v) is 3.85. The number of phenolic OH excluding ortho intramolecular Hbond substituents is 1. The third-order valence-corrected chi connectivity index (χ3v) is 5.15. The SMILES string of the molecule is COC(=O)c1cccc(NC(=O)c2cc3c(s2)CCCC3)c1O. The van der Waals surface area contributed by atoms with Crippen molar-refractivity contribution < 1.29 is 19.4 Å². The van der Waals surface area contributed by atoms with Gasteiger partial charge in [-0.05, 0) is 49.4 Å². The van der Waals surface area contributed by atoms with Gasteiger partial charge in [0.2, 0.25) is 0 Å². The largest absolute Gasteiger partial charge is 0.505 e. The average molecular weight is 331 g/mol. The van der Waals surface area contributed by atoms with Crippen molar-refractivity contribution >= 4 is 28.9 Å². The Morgan fingerprint density at radius 2 is 2.04 bits per heavy atom. The molecule has 0 saturated heterocycles. The number of hydrogen-bond donors (Lipinski definition) is 2. The highest BCUT2D eigenvalue weighted by atomic mass is 32.1. The van der Waals surface area contributed by atoms with Crippen molar-refractivity contribution in [3.8, 4) is 5.75 Å². The topological polar surface area (TPSA) is 75.6 Å². The summed E-state index contributed by atoms with van der Waals surface area (Å²) >= 11 is 1.50. The van der Waals surface area contributed by atoms with E-state index in [0.717, 1.165) is 25.7 Å². The first-order chi connectivity index (χ1) is 11.1. The number of carbonyl (C=O) groups is 2. The van der Waals surface area contributed by atoms with Gasteiger partial charge in [-0.15, -0.1) is 11.3 Å². The quantitative estimate of drug-likeness (QED) is 0.668. The molecule has 1 aliphatic carbocycles. The normalized spacial score (nSPS) is 13.3. The van der Waals surface area contributed by atoms with Crippen molar-refractivity contribution in [2.45, 2.75) is 25.7 Å². The predicted octanol–water partition coefficient (Wildman–Crippen LogP) is 3.37. The van der Waals surface area contributed by atoms with E-state index in [4.69, 9.17) is 0 Å². The summed E-state index contributed by atoms with van der Waals surface area (Å²) in [5.74, 6) is -1.21. The van der Waals surface area contributed by atoms with Crippen molar-refractivity contribution in [2.24, 2.45) is 0 Å². The van der Waals surface area contributed by atoms with Crippen LogP contribution >= 0.6 is 11.3 Å². The standard InChI is InChI=1S/C17H17NO4S/c1-22-17(21)11-6-4-7-12(15(11)19)18-16(20)14-9-10-5-2-3-8-13(10)23-14/h4,6-7,9,19H,2-3,5,8H2,1H3,(H,18,20). The van der Waals surface area contributed by atoms with Crippen LogP contribution < -0.4 is 5.32 Å². The van der Waals surface area contributed by atoms with E-state index >= 15 is 0 Å². The number of thiophene rings is 1. The maximum atomic E-state index is 12.4. The molecule has 6 heteroatoms. The molecule has 1 amide bonds. The van der Waals surface area contributed by atoms with Crippen molar-refractivity contribution in [3.05, 3.63) is 45.1 Å². The lowest BCUT2D eigenvalue weighted by Crippen LogP contribution is -2.11. The zero-order valence-electron chi connectivity index (χ0n) is 12.7. The summed E-state index contributed by atoms with van der Waals surface area (Å²) in [6, 6.07) is 6.50. The Kier molecular flexibility index (Phi) is 4.34. The molecule has 0 fully saturated rings. The van der Waals surface area contributed by atoms with Gasteiger partial charge in [0.15, 0.2) is 5.75 Å². The first-order valence-electron chi connectivity index (χ1n) is 7.43. The second kappa shape index (κ2) is 6.42. The molecule has 2 aromatic rings. The van der Waals surface area contributed by atoms with Crippen LogP contribution in [0.25, 0.3) is 0 Å². The zero-order valence-corrected chi connectivity index (χ0v) is 13.5. The Morgan fingerprint density at radius 3 is 2.78 bits per heavy atom. The van der Waals surface area contributed by atoms with Gasteiger partial charge >= 0.3 is 5.97 Å². The molecule has 5 nitrogen and oxygen atoms in total. The van der Waals surface area contributed by atoms with Crippen LogP contribution in [-0.2, 0) is 17.6 Å². The molecule has 0 aliphatic heterocycles. The molecule has 2 N–H and O–H groups in total. The monoisotopic (exact) mass is 331 g/mol. The third kappa shape index (κ3) is 3.07. The van der Waals surface area contributed by atoms with Gasteiger partial charge in [-0.25, -0.2) is 4.79 Å². The molecule has 1 aliphatic rings. The van der Waals surface area contributed by atoms with Gasteiger partial charge < -0.3 is 15.2 Å². The highest BCUT2D eigenvalue weighted by molar-refractivity contribution is 7.14. The van der Waals surface area contributed by atoms with Crippen molar-refractivity contribution in [2.75, 3.05) is 12.4 Å². The highest BCUT2D eigenvalue weighted by Crippen LogP contribution is 2.32. The summed E-state index contributed by atoms with van der Waals surface area (Å²) in [5, 5.41) is 12.8. The van der Waals surface area contributed by atoms with Crippen LogP contribution in [0.2, 0.25) is 0 Å². The van der Waals surface area contributed by atoms with E-state index in [1.807, 2.05) is 6.07 Å². The molecule has 0 bridgehead atoms. The Morgan fingerprint density at radius 1 is 1.26 bits per heavy atom. The van der Waals surface area contributed by atoms with Gasteiger partial charge in [0.25, 0.3) is 5.91 Å². The minimum absolute atomic E-state index is 0.0239. The average Bonchev–Trinajstić information content (AvgIpc) is 3.00. The molecular formula is C17H17NO4S. The Bertz CT molecular complexity index is 742. The van der Waals surface area contributed by atoms with E-state index in [9.17, 15) is 14.7 Å². The molecule has 1 aromatic heterocycles. The number of esters is 1. The number of phenols is 1. The lowest BCUT2D eigenvalue weighted by atomic mass is 9.99. The minimum atomic E-state index is -0.648. The lowest BCUT2D eigenvalue weighted by molar-refractivity contribution is 0.0597. The molecule has 1 aromatic carbocycles. The second-order valence-corrected chi connectivity index (χ2v) is 6.55. The summed E-state index contributed by atoms with van der Waals surface area (Å²) < 4.78 is 4.61. The number of anilines is 1. The van der Waals surface area contributed by atoms with Crippen LogP contribution in [0.5, 0.6) is 5.75 Å². The summed E-state index contributed by atoms with van der Waals surface area (Å²) in [6.07, 6.45) is 4.36. The van der Waals surface area contributed by atoms with Crippen molar-refractivity contribution in [3.63, 3.8) is 0 Å². The van der Waals surface area contributed by atoms with Crippen LogP contribution in [0, 0.1) is 0 Å². The van der Waals surface area contributed by atoms with Gasteiger partial charge in [0.1, 0.15) is 5.56 Å². The van der Waals surface area contributed by atoms with Crippen LogP contribution in [0.15, 0.2) is 24.3 Å². The summed E-state index contributed by atoms with van der Waals surface area (Å²) in [7, 11) is 1.24. The summed E-state index contributed by atoms with van der Waals surface area (Å²) in [5.41, 5.74) is 1.47. The zero-order chi connectivity index (χ0) is 16.4. The molecule has 1 heterocycles. The van der Waals surface area contributed by atoms with Gasteiger partial charge in [-0.2, -0.15) is 0 Å².